The molecule has 0 aromatic rings. The second kappa shape index (κ2) is 5.72. The van der Waals surface area contributed by atoms with Gasteiger partial charge in [-0.1, -0.05) is 20.8 Å². The first-order chi connectivity index (χ1) is 6.63. The van der Waals surface area contributed by atoms with Crippen LogP contribution in [0.3, 0.4) is 0 Å². The second-order valence-electron chi connectivity index (χ2n) is 5.02. The van der Waals surface area contributed by atoms with E-state index >= 15 is 0 Å². The highest BCUT2D eigenvalue weighted by Gasteiger charge is 2.30. The Labute approximate surface area is 89.1 Å². The fraction of sp³-hybridized carbons (Fsp3) is 1.00. The third-order valence-corrected chi connectivity index (χ3v) is 3.58. The Kier molecular flexibility index (Phi) is 4.90. The van der Waals surface area contributed by atoms with Gasteiger partial charge in [0.15, 0.2) is 0 Å². The largest absolute Gasteiger partial charge is 0.313 e. The zero-order valence-electron chi connectivity index (χ0n) is 10.2. The average molecular weight is 198 g/mol. The lowest BCUT2D eigenvalue weighted by Gasteiger charge is -2.39. The number of likely N-dealkylation sites (N-methyl/N-ethyl adjacent to an activating group) is 1. The molecule has 2 heteroatoms. The van der Waals surface area contributed by atoms with Gasteiger partial charge in [0.25, 0.3) is 0 Å². The van der Waals surface area contributed by atoms with E-state index in [2.05, 4.69) is 38.0 Å². The summed E-state index contributed by atoms with van der Waals surface area (Å²) in [5.41, 5.74) is 0. The fourth-order valence-corrected chi connectivity index (χ4v) is 1.99. The lowest BCUT2D eigenvalue weighted by molar-refractivity contribution is 0.165. The van der Waals surface area contributed by atoms with Crippen molar-refractivity contribution in [2.24, 2.45) is 11.8 Å². The second-order valence-corrected chi connectivity index (χ2v) is 5.02. The molecule has 0 bridgehead atoms. The molecule has 0 radical (unpaired) electrons. The smallest absolute Gasteiger partial charge is 0.0104 e. The van der Waals surface area contributed by atoms with Crippen molar-refractivity contribution in [2.75, 3.05) is 26.7 Å². The van der Waals surface area contributed by atoms with Crippen molar-refractivity contribution in [3.8, 4) is 0 Å². The predicted octanol–water partition coefficient (Wildman–Crippen LogP) is 1.96. The van der Waals surface area contributed by atoms with Crippen molar-refractivity contribution in [3.05, 3.63) is 0 Å². The highest BCUT2D eigenvalue weighted by molar-refractivity contribution is 4.86. The van der Waals surface area contributed by atoms with Gasteiger partial charge in [-0.05, 0) is 38.3 Å². The van der Waals surface area contributed by atoms with Gasteiger partial charge < -0.3 is 10.2 Å². The number of hydrogen-bond acceptors (Lipinski definition) is 2. The molecule has 2 nitrogen and oxygen atoms in total. The maximum absolute atomic E-state index is 3.63. The summed E-state index contributed by atoms with van der Waals surface area (Å²) in [5, 5.41) is 3.63. The molecule has 0 atom stereocenters. The molecule has 0 unspecified atom stereocenters. The minimum Gasteiger partial charge on any atom is -0.313 e. The zero-order chi connectivity index (χ0) is 10.6. The topological polar surface area (TPSA) is 15.3 Å². The Morgan fingerprint density at radius 2 is 2.00 bits per heavy atom. The Hall–Kier alpha value is -0.0800. The first-order valence-corrected chi connectivity index (χ1v) is 6.05. The summed E-state index contributed by atoms with van der Waals surface area (Å²) in [6.45, 7) is 10.4. The van der Waals surface area contributed by atoms with Crippen LogP contribution in [-0.4, -0.2) is 37.6 Å². The Morgan fingerprint density at radius 3 is 2.50 bits per heavy atom. The lowest BCUT2D eigenvalue weighted by Crippen LogP contribution is -2.45. The molecule has 14 heavy (non-hydrogen) atoms. The van der Waals surface area contributed by atoms with Gasteiger partial charge in [-0.15, -0.1) is 0 Å². The molecule has 0 aromatic carbocycles. The highest BCUT2D eigenvalue weighted by atomic mass is 15.1. The third kappa shape index (κ3) is 3.58. The predicted molar refractivity (Wildman–Crippen MR) is 62.5 cm³/mol. The monoisotopic (exact) mass is 198 g/mol. The molecule has 1 saturated carbocycles. The molecule has 1 aliphatic rings. The SMILES string of the molecule is CCN(C)CCNC1CC(C(C)C)C1. The van der Waals surface area contributed by atoms with Crippen LogP contribution in [-0.2, 0) is 0 Å². The average Bonchev–Trinajstić information content (AvgIpc) is 2.07. The minimum absolute atomic E-state index is 0.813. The van der Waals surface area contributed by atoms with E-state index in [1.165, 1.54) is 19.4 Å². The van der Waals surface area contributed by atoms with E-state index in [0.29, 0.717) is 0 Å². The van der Waals surface area contributed by atoms with Gasteiger partial charge in [0.1, 0.15) is 0 Å². The standard InChI is InChI=1S/C12H26N2/c1-5-14(4)7-6-13-12-8-11(9-12)10(2)3/h10-13H,5-9H2,1-4H3. The van der Waals surface area contributed by atoms with Crippen molar-refractivity contribution < 1.29 is 0 Å². The molecule has 1 rings (SSSR count). The van der Waals surface area contributed by atoms with Crippen LogP contribution in [0.2, 0.25) is 0 Å². The highest BCUT2D eigenvalue weighted by Crippen LogP contribution is 2.33. The minimum atomic E-state index is 0.813. The van der Waals surface area contributed by atoms with Crippen molar-refractivity contribution in [1.82, 2.24) is 10.2 Å². The van der Waals surface area contributed by atoms with Crippen LogP contribution in [0.1, 0.15) is 33.6 Å². The number of nitrogens with one attached hydrogen (secondary N) is 1. The van der Waals surface area contributed by atoms with Crippen LogP contribution >= 0.6 is 0 Å². The maximum Gasteiger partial charge on any atom is 0.0104 e. The molecular formula is C12H26N2. The Morgan fingerprint density at radius 1 is 1.36 bits per heavy atom. The quantitative estimate of drug-likeness (QED) is 0.702. The molecule has 1 fully saturated rings. The summed E-state index contributed by atoms with van der Waals surface area (Å²) in [7, 11) is 2.18. The molecular weight excluding hydrogens is 172 g/mol. The molecule has 0 amide bonds. The van der Waals surface area contributed by atoms with Gasteiger partial charge in [-0.25, -0.2) is 0 Å². The molecule has 0 aliphatic heterocycles. The number of rotatable bonds is 6. The Bertz CT molecular complexity index is 150. The summed E-state index contributed by atoms with van der Waals surface area (Å²) in [4.78, 5) is 2.35. The fourth-order valence-electron chi connectivity index (χ4n) is 1.99. The van der Waals surface area contributed by atoms with Crippen molar-refractivity contribution >= 4 is 0 Å². The summed E-state index contributed by atoms with van der Waals surface area (Å²) < 4.78 is 0. The van der Waals surface area contributed by atoms with Crippen LogP contribution in [0, 0.1) is 11.8 Å². The van der Waals surface area contributed by atoms with Gasteiger partial charge in [0, 0.05) is 19.1 Å². The normalized spacial score (nSPS) is 27.0. The van der Waals surface area contributed by atoms with Gasteiger partial charge in [0.2, 0.25) is 0 Å². The van der Waals surface area contributed by atoms with Gasteiger partial charge in [-0.3, -0.25) is 0 Å². The molecule has 0 spiro atoms. The van der Waals surface area contributed by atoms with Crippen molar-refractivity contribution in [3.63, 3.8) is 0 Å². The molecule has 84 valence electrons. The lowest BCUT2D eigenvalue weighted by atomic mass is 9.74. The molecule has 0 aromatic heterocycles. The molecule has 0 saturated heterocycles. The van der Waals surface area contributed by atoms with E-state index in [-0.39, 0.29) is 0 Å². The van der Waals surface area contributed by atoms with E-state index < -0.39 is 0 Å². The van der Waals surface area contributed by atoms with E-state index in [1.807, 2.05) is 0 Å². The van der Waals surface area contributed by atoms with E-state index in [0.717, 1.165) is 31.0 Å². The maximum atomic E-state index is 3.63. The van der Waals surface area contributed by atoms with Crippen molar-refractivity contribution in [1.29, 1.82) is 0 Å². The summed E-state index contributed by atoms with van der Waals surface area (Å²) >= 11 is 0. The van der Waals surface area contributed by atoms with Crippen LogP contribution in [0.25, 0.3) is 0 Å². The Balaban J connectivity index is 1.96. The zero-order valence-corrected chi connectivity index (χ0v) is 10.2. The molecule has 1 aliphatic carbocycles. The first kappa shape index (κ1) is 12.0. The van der Waals surface area contributed by atoms with Crippen molar-refractivity contribution in [2.45, 2.75) is 39.7 Å². The van der Waals surface area contributed by atoms with Gasteiger partial charge in [-0.2, -0.15) is 0 Å². The van der Waals surface area contributed by atoms with E-state index in [4.69, 9.17) is 0 Å². The molecule has 1 N–H and O–H groups in total. The van der Waals surface area contributed by atoms with E-state index in [1.54, 1.807) is 0 Å². The van der Waals surface area contributed by atoms with E-state index in [9.17, 15) is 0 Å². The summed E-state index contributed by atoms with van der Waals surface area (Å²) in [5.74, 6) is 1.86. The third-order valence-electron chi connectivity index (χ3n) is 3.58. The first-order valence-electron chi connectivity index (χ1n) is 6.05. The van der Waals surface area contributed by atoms with Crippen LogP contribution in [0.5, 0.6) is 0 Å². The summed E-state index contributed by atoms with van der Waals surface area (Å²) in [6.07, 6.45) is 2.79. The van der Waals surface area contributed by atoms with Gasteiger partial charge >= 0.3 is 0 Å². The van der Waals surface area contributed by atoms with Crippen LogP contribution < -0.4 is 5.32 Å². The van der Waals surface area contributed by atoms with Gasteiger partial charge in [0.05, 0.1) is 0 Å². The number of hydrogen-bond donors (Lipinski definition) is 1. The molecule has 0 heterocycles. The van der Waals surface area contributed by atoms with Crippen LogP contribution in [0.15, 0.2) is 0 Å². The summed E-state index contributed by atoms with van der Waals surface area (Å²) in [6, 6.07) is 0.813. The number of nitrogens with zero attached hydrogens (tertiary/aromatic N) is 1. The van der Waals surface area contributed by atoms with Crippen LogP contribution in [0.4, 0.5) is 0 Å².